The van der Waals surface area contributed by atoms with Gasteiger partial charge in [0.25, 0.3) is 11.4 Å². The summed E-state index contributed by atoms with van der Waals surface area (Å²) in [6, 6.07) is 5.64. The van der Waals surface area contributed by atoms with E-state index in [1.54, 1.807) is 0 Å². The second kappa shape index (κ2) is 8.02. The first-order chi connectivity index (χ1) is 13.4. The summed E-state index contributed by atoms with van der Waals surface area (Å²) in [5.41, 5.74) is -1.72. The Morgan fingerprint density at radius 3 is 1.41 bits per heavy atom. The monoisotopic (exact) mass is 422 g/mol. The van der Waals surface area contributed by atoms with E-state index >= 15 is 0 Å². The minimum atomic E-state index is -4.38. The maximum atomic E-state index is 12.8. The minimum Gasteiger partial charge on any atom is -0.321 e. The molecule has 2 amide bonds. The lowest BCUT2D eigenvalue weighted by atomic mass is 10.2. The highest BCUT2D eigenvalue weighted by Crippen LogP contribution is 2.33. The SMILES string of the molecule is CC(=O)Nc1ccc(S(=O)(=O)c2ccc(NC(C)=O)c([N+](=O)[O-])c2)cc1[N+](=O)[O-]. The number of hydrogen-bond acceptors (Lipinski definition) is 8. The molecule has 0 saturated carbocycles. The number of sulfone groups is 1. The third-order valence-electron chi connectivity index (χ3n) is 3.57. The lowest BCUT2D eigenvalue weighted by Crippen LogP contribution is -2.10. The zero-order valence-electron chi connectivity index (χ0n) is 15.0. The van der Waals surface area contributed by atoms with Crippen LogP contribution in [0.2, 0.25) is 0 Å². The summed E-state index contributed by atoms with van der Waals surface area (Å²) in [6.07, 6.45) is 0. The van der Waals surface area contributed by atoms with E-state index in [0.29, 0.717) is 0 Å². The molecule has 2 aromatic carbocycles. The maximum absolute atomic E-state index is 12.8. The van der Waals surface area contributed by atoms with Gasteiger partial charge in [0.05, 0.1) is 19.6 Å². The molecule has 0 atom stereocenters. The fourth-order valence-electron chi connectivity index (χ4n) is 2.39. The van der Waals surface area contributed by atoms with E-state index in [-0.39, 0.29) is 11.4 Å². The van der Waals surface area contributed by atoms with Gasteiger partial charge in [-0.25, -0.2) is 8.42 Å². The highest BCUT2D eigenvalue weighted by Gasteiger charge is 2.26. The third kappa shape index (κ3) is 4.70. The van der Waals surface area contributed by atoms with E-state index in [1.807, 2.05) is 0 Å². The summed E-state index contributed by atoms with van der Waals surface area (Å²) in [7, 11) is -4.38. The number of nitrogens with one attached hydrogen (secondary N) is 2. The Labute approximate surface area is 163 Å². The zero-order valence-corrected chi connectivity index (χ0v) is 15.8. The average molecular weight is 422 g/mol. The molecule has 152 valence electrons. The maximum Gasteiger partial charge on any atom is 0.294 e. The number of anilines is 2. The number of carbonyl (C=O) groups is 2. The summed E-state index contributed by atoms with van der Waals surface area (Å²) in [4.78, 5) is 42.1. The van der Waals surface area contributed by atoms with Gasteiger partial charge < -0.3 is 10.6 Å². The van der Waals surface area contributed by atoms with Crippen LogP contribution in [0.3, 0.4) is 0 Å². The molecule has 2 aromatic rings. The Kier molecular flexibility index (Phi) is 5.92. The molecule has 0 spiro atoms. The normalized spacial score (nSPS) is 10.8. The molecule has 12 nitrogen and oxygen atoms in total. The first kappa shape index (κ1) is 21.4. The first-order valence-electron chi connectivity index (χ1n) is 7.80. The van der Waals surface area contributed by atoms with Crippen molar-refractivity contribution in [3.05, 3.63) is 56.6 Å². The molecule has 2 N–H and O–H groups in total. The Hall–Kier alpha value is -3.87. The van der Waals surface area contributed by atoms with Gasteiger partial charge in [0.1, 0.15) is 11.4 Å². The van der Waals surface area contributed by atoms with Crippen LogP contribution in [-0.2, 0) is 19.4 Å². The average Bonchev–Trinajstić information content (AvgIpc) is 2.60. The van der Waals surface area contributed by atoms with Crippen molar-refractivity contribution in [2.45, 2.75) is 23.6 Å². The van der Waals surface area contributed by atoms with Crippen molar-refractivity contribution in [2.75, 3.05) is 10.6 Å². The summed E-state index contributed by atoms with van der Waals surface area (Å²) >= 11 is 0. The molecule has 0 fully saturated rings. The van der Waals surface area contributed by atoms with E-state index in [0.717, 1.165) is 50.2 Å². The molecule has 0 aromatic heterocycles. The molecular formula is C16H14N4O8S. The Balaban J connectivity index is 2.60. The molecule has 0 saturated heterocycles. The number of nitrogens with zero attached hydrogens (tertiary/aromatic N) is 2. The lowest BCUT2D eigenvalue weighted by molar-refractivity contribution is -0.384. The van der Waals surface area contributed by atoms with Crippen molar-refractivity contribution < 1.29 is 27.9 Å². The van der Waals surface area contributed by atoms with Crippen LogP contribution in [0.15, 0.2) is 46.2 Å². The third-order valence-corrected chi connectivity index (χ3v) is 5.32. The van der Waals surface area contributed by atoms with Crippen molar-refractivity contribution in [1.29, 1.82) is 0 Å². The number of amides is 2. The number of rotatable bonds is 6. The van der Waals surface area contributed by atoms with Crippen molar-refractivity contribution in [2.24, 2.45) is 0 Å². The van der Waals surface area contributed by atoms with Crippen LogP contribution in [-0.4, -0.2) is 30.1 Å². The summed E-state index contributed by atoms with van der Waals surface area (Å²) in [5.74, 6) is -1.18. The van der Waals surface area contributed by atoms with Gasteiger partial charge in [0, 0.05) is 26.0 Å². The van der Waals surface area contributed by atoms with Crippen LogP contribution in [0.4, 0.5) is 22.7 Å². The minimum absolute atomic E-state index is 0.201. The second-order valence-electron chi connectivity index (χ2n) is 5.74. The van der Waals surface area contributed by atoms with Crippen molar-refractivity contribution >= 4 is 44.4 Å². The molecule has 0 bridgehead atoms. The Morgan fingerprint density at radius 1 is 0.793 bits per heavy atom. The van der Waals surface area contributed by atoms with E-state index < -0.39 is 52.7 Å². The fourth-order valence-corrected chi connectivity index (χ4v) is 3.69. The number of carbonyl (C=O) groups excluding carboxylic acids is 2. The Morgan fingerprint density at radius 2 is 1.14 bits per heavy atom. The smallest absolute Gasteiger partial charge is 0.294 e. The van der Waals surface area contributed by atoms with Gasteiger partial charge >= 0.3 is 0 Å². The molecule has 0 radical (unpaired) electrons. The van der Waals surface area contributed by atoms with Gasteiger partial charge in [-0.15, -0.1) is 0 Å². The number of nitro benzene ring substituents is 2. The predicted octanol–water partition coefficient (Wildman–Crippen LogP) is 2.25. The van der Waals surface area contributed by atoms with E-state index in [9.17, 15) is 38.2 Å². The topological polar surface area (TPSA) is 179 Å². The first-order valence-corrected chi connectivity index (χ1v) is 9.29. The summed E-state index contributed by atoms with van der Waals surface area (Å²) < 4.78 is 25.7. The number of hydrogen-bond donors (Lipinski definition) is 2. The van der Waals surface area contributed by atoms with Crippen LogP contribution >= 0.6 is 0 Å². The molecule has 0 aliphatic heterocycles. The van der Waals surface area contributed by atoms with Crippen LogP contribution in [0.1, 0.15) is 13.8 Å². The summed E-state index contributed by atoms with van der Waals surface area (Å²) in [6.45, 7) is 2.26. The van der Waals surface area contributed by atoms with Gasteiger partial charge in [-0.1, -0.05) is 0 Å². The van der Waals surface area contributed by atoms with Gasteiger partial charge in [0.2, 0.25) is 21.7 Å². The number of nitro groups is 2. The molecule has 2 rings (SSSR count). The standard InChI is InChI=1S/C16H14N4O8S/c1-9(21)17-13-5-3-11(7-15(13)19(23)24)29(27,28)12-4-6-14(18-10(2)22)16(8-12)20(25)26/h3-8H,1-2H3,(H,17,21)(H,18,22). The van der Waals surface area contributed by atoms with Crippen molar-refractivity contribution in [3.63, 3.8) is 0 Å². The van der Waals surface area contributed by atoms with E-state index in [2.05, 4.69) is 10.6 Å². The van der Waals surface area contributed by atoms with Crippen LogP contribution in [0, 0.1) is 20.2 Å². The molecule has 0 unspecified atom stereocenters. The van der Waals surface area contributed by atoms with Gasteiger partial charge in [0.15, 0.2) is 0 Å². The van der Waals surface area contributed by atoms with Crippen molar-refractivity contribution in [1.82, 2.24) is 0 Å². The second-order valence-corrected chi connectivity index (χ2v) is 7.69. The summed E-state index contributed by atoms with van der Waals surface area (Å²) in [5, 5.41) is 26.9. The van der Waals surface area contributed by atoms with E-state index in [4.69, 9.17) is 0 Å². The van der Waals surface area contributed by atoms with Crippen LogP contribution in [0.25, 0.3) is 0 Å². The molecule has 0 aliphatic rings. The predicted molar refractivity (Wildman–Crippen MR) is 100 cm³/mol. The van der Waals surface area contributed by atoms with Gasteiger partial charge in [-0.2, -0.15) is 0 Å². The molecule has 13 heteroatoms. The highest BCUT2D eigenvalue weighted by molar-refractivity contribution is 7.91. The Bertz CT molecular complexity index is 1060. The molecule has 29 heavy (non-hydrogen) atoms. The quantitative estimate of drug-likeness (QED) is 0.525. The van der Waals surface area contributed by atoms with Gasteiger partial charge in [-0.05, 0) is 24.3 Å². The fraction of sp³-hybridized carbons (Fsp3) is 0.125. The largest absolute Gasteiger partial charge is 0.321 e. The molecular weight excluding hydrogens is 408 g/mol. The van der Waals surface area contributed by atoms with Crippen LogP contribution < -0.4 is 10.6 Å². The van der Waals surface area contributed by atoms with Crippen molar-refractivity contribution in [3.8, 4) is 0 Å². The molecule has 0 aliphatic carbocycles. The van der Waals surface area contributed by atoms with Gasteiger partial charge in [-0.3, -0.25) is 29.8 Å². The lowest BCUT2D eigenvalue weighted by Gasteiger charge is -2.09. The zero-order chi connectivity index (χ0) is 21.9. The number of benzene rings is 2. The van der Waals surface area contributed by atoms with Crippen LogP contribution in [0.5, 0.6) is 0 Å². The van der Waals surface area contributed by atoms with E-state index in [1.165, 1.54) is 0 Å². The highest BCUT2D eigenvalue weighted by atomic mass is 32.2. The molecule has 0 heterocycles.